The molecule has 0 aliphatic heterocycles. The summed E-state index contributed by atoms with van der Waals surface area (Å²) in [6.07, 6.45) is 69.0. The van der Waals surface area contributed by atoms with E-state index in [-0.39, 0.29) is 31.5 Å². The largest absolute Gasteiger partial charge is 0.472 e. The van der Waals surface area contributed by atoms with Crippen LogP contribution in [0.5, 0.6) is 0 Å². The van der Waals surface area contributed by atoms with Crippen molar-refractivity contribution < 1.29 is 37.3 Å². The topological polar surface area (TPSA) is 111 Å². The molecule has 0 saturated carbocycles. The van der Waals surface area contributed by atoms with Crippen molar-refractivity contribution in [2.45, 2.75) is 283 Å². The summed E-state index contributed by atoms with van der Waals surface area (Å²) in [5, 5.41) is 3.05. The Morgan fingerprint density at radius 3 is 1.32 bits per heavy atom. The van der Waals surface area contributed by atoms with Gasteiger partial charge in [-0.2, -0.15) is 0 Å². The second kappa shape index (κ2) is 53.8. The van der Waals surface area contributed by atoms with Gasteiger partial charge in [0.1, 0.15) is 19.3 Å². The number of amides is 1. The van der Waals surface area contributed by atoms with E-state index < -0.39 is 20.0 Å². The van der Waals surface area contributed by atoms with Crippen LogP contribution in [0.3, 0.4) is 0 Å². The fourth-order valence-corrected chi connectivity index (χ4v) is 9.37. The smallest absolute Gasteiger partial charge is 0.456 e. The molecule has 0 saturated heterocycles. The Bertz CT molecular complexity index is 1500. The van der Waals surface area contributed by atoms with Gasteiger partial charge in [-0.3, -0.25) is 18.6 Å². The molecule has 9 nitrogen and oxygen atoms in total. The maximum atomic E-state index is 13.5. The number of phosphoric ester groups is 1. The molecule has 0 fully saturated rings. The SMILES string of the molecule is CC/C=C/C/C=C/CCCCCCCCCC(=O)OC(/C=C\CCCCCCCCCCC)C(COP(=O)(O)OCC[N+](C)(C)C)NC(=O)CCCCCCCCCCCC/C=C\C/C=C\C/C=C\CCCCC. The van der Waals surface area contributed by atoms with Crippen molar-refractivity contribution in [3.05, 3.63) is 72.9 Å². The lowest BCUT2D eigenvalue weighted by molar-refractivity contribution is -0.870. The zero-order chi connectivity index (χ0) is 54.3. The van der Waals surface area contributed by atoms with Crippen molar-refractivity contribution in [2.24, 2.45) is 0 Å². The van der Waals surface area contributed by atoms with Gasteiger partial charge in [-0.05, 0) is 96.0 Å². The highest BCUT2D eigenvalue weighted by Crippen LogP contribution is 2.43. The first-order valence-electron chi connectivity index (χ1n) is 30.8. The molecule has 0 aromatic rings. The van der Waals surface area contributed by atoms with Crippen molar-refractivity contribution in [3.63, 3.8) is 0 Å². The number of nitrogens with one attached hydrogen (secondary N) is 1. The molecular weight excluding hydrogens is 940 g/mol. The summed E-state index contributed by atoms with van der Waals surface area (Å²) >= 11 is 0. The zero-order valence-electron chi connectivity index (χ0n) is 49.1. The number of carbonyl (C=O) groups excluding carboxylic acids is 2. The average Bonchev–Trinajstić information content (AvgIpc) is 3.36. The lowest BCUT2D eigenvalue weighted by Crippen LogP contribution is -2.47. The van der Waals surface area contributed by atoms with Gasteiger partial charge in [0.2, 0.25) is 5.91 Å². The van der Waals surface area contributed by atoms with E-state index in [0.29, 0.717) is 17.4 Å². The van der Waals surface area contributed by atoms with Gasteiger partial charge in [-0.25, -0.2) is 4.57 Å². The van der Waals surface area contributed by atoms with Gasteiger partial charge in [0, 0.05) is 12.8 Å². The number of likely N-dealkylation sites (N-methyl/N-ethyl adjacent to an activating group) is 1. The fraction of sp³-hybridized carbons (Fsp3) is 0.781. The molecular formula is C64H118N2O7P+. The van der Waals surface area contributed by atoms with E-state index in [1.54, 1.807) is 0 Å². The van der Waals surface area contributed by atoms with Crippen LogP contribution in [0.4, 0.5) is 0 Å². The van der Waals surface area contributed by atoms with Gasteiger partial charge in [-0.15, -0.1) is 0 Å². The van der Waals surface area contributed by atoms with Crippen LogP contribution in [0.15, 0.2) is 72.9 Å². The van der Waals surface area contributed by atoms with E-state index in [4.69, 9.17) is 13.8 Å². The first-order chi connectivity index (χ1) is 35.9. The van der Waals surface area contributed by atoms with Crippen LogP contribution in [0.2, 0.25) is 0 Å². The molecule has 0 heterocycles. The van der Waals surface area contributed by atoms with E-state index in [1.807, 2.05) is 33.3 Å². The summed E-state index contributed by atoms with van der Waals surface area (Å²) < 4.78 is 30.6. The van der Waals surface area contributed by atoms with Crippen LogP contribution in [-0.4, -0.2) is 74.3 Å². The first-order valence-corrected chi connectivity index (χ1v) is 32.3. The van der Waals surface area contributed by atoms with Crippen LogP contribution in [0, 0.1) is 0 Å². The molecule has 3 unspecified atom stereocenters. The molecule has 0 aromatic heterocycles. The number of hydrogen-bond donors (Lipinski definition) is 2. The predicted octanol–water partition coefficient (Wildman–Crippen LogP) is 18.8. The monoisotopic (exact) mass is 1060 g/mol. The Hall–Kier alpha value is -2.55. The van der Waals surface area contributed by atoms with E-state index in [0.717, 1.165) is 96.3 Å². The van der Waals surface area contributed by atoms with E-state index in [1.165, 1.54) is 141 Å². The third-order valence-corrected chi connectivity index (χ3v) is 14.4. The molecule has 0 spiro atoms. The van der Waals surface area contributed by atoms with E-state index >= 15 is 0 Å². The lowest BCUT2D eigenvalue weighted by atomic mass is 10.0. The molecule has 0 aliphatic carbocycles. The number of esters is 1. The number of unbranched alkanes of at least 4 members (excludes halogenated alkanes) is 29. The van der Waals surface area contributed by atoms with E-state index in [9.17, 15) is 19.0 Å². The number of nitrogens with zero attached hydrogens (tertiary/aromatic N) is 1. The van der Waals surface area contributed by atoms with Gasteiger partial charge in [0.15, 0.2) is 0 Å². The van der Waals surface area contributed by atoms with Gasteiger partial charge in [0.25, 0.3) is 0 Å². The van der Waals surface area contributed by atoms with E-state index in [2.05, 4.69) is 86.8 Å². The Kier molecular flexibility index (Phi) is 52.0. The predicted molar refractivity (Wildman–Crippen MR) is 318 cm³/mol. The van der Waals surface area contributed by atoms with Crippen LogP contribution in [-0.2, 0) is 27.9 Å². The molecule has 0 bridgehead atoms. The third kappa shape index (κ3) is 54.2. The second-order valence-electron chi connectivity index (χ2n) is 21.8. The van der Waals surface area contributed by atoms with Crippen LogP contribution >= 0.6 is 7.82 Å². The van der Waals surface area contributed by atoms with Crippen molar-refractivity contribution in [2.75, 3.05) is 40.9 Å². The number of phosphoric acid groups is 1. The second-order valence-corrected chi connectivity index (χ2v) is 23.3. The summed E-state index contributed by atoms with van der Waals surface area (Å²) in [6, 6.07) is -0.855. The normalized spacial score (nSPS) is 14.2. The molecule has 0 aromatic carbocycles. The van der Waals surface area contributed by atoms with Crippen molar-refractivity contribution >= 4 is 19.7 Å². The maximum absolute atomic E-state index is 13.5. The quantitative estimate of drug-likeness (QED) is 0.0205. The summed E-state index contributed by atoms with van der Waals surface area (Å²) in [7, 11) is 1.48. The molecule has 1 amide bonds. The Balaban J connectivity index is 5.16. The minimum atomic E-state index is -4.45. The molecule has 0 radical (unpaired) electrons. The highest BCUT2D eigenvalue weighted by Gasteiger charge is 2.30. The number of rotatable bonds is 55. The Labute approximate surface area is 457 Å². The molecule has 0 aliphatic rings. The first kappa shape index (κ1) is 71.5. The molecule has 3 atom stereocenters. The maximum Gasteiger partial charge on any atom is 0.472 e. The molecule has 430 valence electrons. The van der Waals surface area contributed by atoms with Crippen molar-refractivity contribution in [1.29, 1.82) is 0 Å². The highest BCUT2D eigenvalue weighted by molar-refractivity contribution is 7.47. The number of carbonyl (C=O) groups is 2. The minimum absolute atomic E-state index is 0.0360. The number of quaternary nitrogens is 1. The Morgan fingerprint density at radius 1 is 0.486 bits per heavy atom. The highest BCUT2D eigenvalue weighted by atomic mass is 31.2. The molecule has 2 N–H and O–H groups in total. The molecule has 0 rings (SSSR count). The average molecular weight is 1060 g/mol. The number of allylic oxidation sites excluding steroid dienone is 11. The summed E-state index contributed by atoms with van der Waals surface area (Å²) in [4.78, 5) is 37.6. The summed E-state index contributed by atoms with van der Waals surface area (Å²) in [5.41, 5.74) is 0. The minimum Gasteiger partial charge on any atom is -0.456 e. The third-order valence-electron chi connectivity index (χ3n) is 13.4. The lowest BCUT2D eigenvalue weighted by Gasteiger charge is -2.27. The summed E-state index contributed by atoms with van der Waals surface area (Å²) in [6.45, 7) is 6.87. The van der Waals surface area contributed by atoms with Crippen LogP contribution in [0.1, 0.15) is 271 Å². The van der Waals surface area contributed by atoms with Gasteiger partial charge >= 0.3 is 13.8 Å². The molecule has 74 heavy (non-hydrogen) atoms. The number of ether oxygens (including phenoxy) is 1. The molecule has 10 heteroatoms. The fourth-order valence-electron chi connectivity index (χ4n) is 8.63. The Morgan fingerprint density at radius 2 is 0.865 bits per heavy atom. The number of hydrogen-bond acceptors (Lipinski definition) is 6. The van der Waals surface area contributed by atoms with Crippen molar-refractivity contribution in [3.8, 4) is 0 Å². The van der Waals surface area contributed by atoms with Gasteiger partial charge < -0.3 is 19.4 Å². The zero-order valence-corrected chi connectivity index (χ0v) is 50.0. The van der Waals surface area contributed by atoms with Gasteiger partial charge in [-0.1, -0.05) is 235 Å². The van der Waals surface area contributed by atoms with Crippen LogP contribution < -0.4 is 5.32 Å². The van der Waals surface area contributed by atoms with Gasteiger partial charge in [0.05, 0.1) is 33.8 Å². The van der Waals surface area contributed by atoms with Crippen LogP contribution in [0.25, 0.3) is 0 Å². The van der Waals surface area contributed by atoms with Crippen molar-refractivity contribution in [1.82, 2.24) is 5.32 Å². The standard InChI is InChI=1S/C64H117N2O7P/c1-7-10-13-16-19-22-25-27-29-30-31-32-33-34-35-36-37-38-41-44-47-50-53-56-63(67)65-61(60-72-74(69,70)71-59-58-66(4,5)6)62(55-52-49-46-43-40-24-21-18-15-12-9-3)73-64(68)57-54-51-48-45-42-39-28-26-23-20-17-14-11-8-2/h11,14,19-20,22-23,27,29,31-32,52,55,61-62H,7-10,12-13,15-18,21,24-26,28,30,33-51,53-54,56-60H2,1-6H3,(H-,65,67,69,70)/p+1/b14-11+,22-19-,23-20+,29-27-,32-31-,55-52-. The summed E-state index contributed by atoms with van der Waals surface area (Å²) in [5.74, 6) is -0.518.